The lowest BCUT2D eigenvalue weighted by atomic mass is 10.1. The topological polar surface area (TPSA) is 47.0 Å². The van der Waals surface area contributed by atoms with Gasteiger partial charge in [-0.25, -0.2) is 4.57 Å². The second-order valence-corrected chi connectivity index (χ2v) is 5.08. The van der Waals surface area contributed by atoms with Crippen LogP contribution in [-0.2, 0) is 7.05 Å². The predicted octanol–water partition coefficient (Wildman–Crippen LogP) is 3.74. The molecule has 3 aromatic rings. The Hall–Kier alpha value is -3.01. The molecule has 0 fully saturated rings. The van der Waals surface area contributed by atoms with Crippen molar-refractivity contribution in [2.24, 2.45) is 7.05 Å². The number of non-ortho nitro benzene ring substituents is 1. The maximum absolute atomic E-state index is 10.7. The summed E-state index contributed by atoms with van der Waals surface area (Å²) in [6.07, 6.45) is 6.02. The predicted molar refractivity (Wildman–Crippen MR) is 87.1 cm³/mol. The van der Waals surface area contributed by atoms with E-state index in [-0.39, 0.29) is 5.69 Å². The van der Waals surface area contributed by atoms with Crippen molar-refractivity contribution in [1.82, 2.24) is 0 Å². The van der Waals surface area contributed by atoms with Gasteiger partial charge in [-0.3, -0.25) is 10.1 Å². The van der Waals surface area contributed by atoms with Gasteiger partial charge in [-0.2, -0.15) is 0 Å². The first-order chi connectivity index (χ1) is 10.6. The standard InChI is InChI=1S/C18H15N2O2/c1-19-13-12-15(17-4-2-3-5-18(17)19)9-6-14-7-10-16(11-8-14)20(21)22/h2-13H,1H3/q+1. The number of pyridine rings is 1. The molecular weight excluding hydrogens is 276 g/mol. The third-order valence-electron chi connectivity index (χ3n) is 3.63. The molecule has 0 atom stereocenters. The van der Waals surface area contributed by atoms with E-state index in [0.717, 1.165) is 16.6 Å². The van der Waals surface area contributed by atoms with Crippen LogP contribution in [0.3, 0.4) is 0 Å². The van der Waals surface area contributed by atoms with Crippen LogP contribution in [0.5, 0.6) is 0 Å². The molecule has 3 rings (SSSR count). The van der Waals surface area contributed by atoms with Crippen LogP contribution in [-0.4, -0.2) is 4.92 Å². The molecule has 0 amide bonds. The number of nitro groups is 1. The molecule has 0 aliphatic carbocycles. The third-order valence-corrected chi connectivity index (χ3v) is 3.63. The van der Waals surface area contributed by atoms with Gasteiger partial charge in [0, 0.05) is 24.3 Å². The van der Waals surface area contributed by atoms with Crippen molar-refractivity contribution < 1.29 is 9.49 Å². The van der Waals surface area contributed by atoms with Gasteiger partial charge in [0.2, 0.25) is 5.52 Å². The van der Waals surface area contributed by atoms with Crippen LogP contribution < -0.4 is 4.57 Å². The molecule has 22 heavy (non-hydrogen) atoms. The molecule has 0 saturated heterocycles. The normalized spacial score (nSPS) is 11.1. The molecule has 0 N–H and O–H groups in total. The quantitative estimate of drug-likeness (QED) is 0.419. The van der Waals surface area contributed by atoms with Crippen molar-refractivity contribution in [2.75, 3.05) is 0 Å². The second-order valence-electron chi connectivity index (χ2n) is 5.08. The van der Waals surface area contributed by atoms with Crippen LogP contribution in [0, 0.1) is 10.1 Å². The summed E-state index contributed by atoms with van der Waals surface area (Å²) in [6.45, 7) is 0. The van der Waals surface area contributed by atoms with Crippen molar-refractivity contribution >= 4 is 28.7 Å². The minimum absolute atomic E-state index is 0.106. The number of rotatable bonds is 3. The molecule has 0 aliphatic rings. The molecule has 2 aromatic carbocycles. The molecule has 0 bridgehead atoms. The smallest absolute Gasteiger partial charge is 0.258 e. The molecule has 0 saturated carbocycles. The fourth-order valence-electron chi connectivity index (χ4n) is 2.43. The molecular formula is C18H15N2O2+. The van der Waals surface area contributed by atoms with Crippen LogP contribution in [0.15, 0.2) is 60.8 Å². The molecule has 0 radical (unpaired) electrons. The fourth-order valence-corrected chi connectivity index (χ4v) is 2.43. The minimum atomic E-state index is -0.391. The minimum Gasteiger partial charge on any atom is -0.258 e. The molecule has 0 unspecified atom stereocenters. The molecule has 4 nitrogen and oxygen atoms in total. The number of nitro benzene ring substituents is 1. The van der Waals surface area contributed by atoms with Gasteiger partial charge in [0.15, 0.2) is 6.20 Å². The van der Waals surface area contributed by atoms with E-state index < -0.39 is 4.92 Å². The van der Waals surface area contributed by atoms with Gasteiger partial charge in [0.1, 0.15) is 7.05 Å². The Labute approximate surface area is 128 Å². The van der Waals surface area contributed by atoms with Gasteiger partial charge in [-0.1, -0.05) is 24.3 Å². The van der Waals surface area contributed by atoms with Crippen molar-refractivity contribution in [1.29, 1.82) is 0 Å². The zero-order valence-electron chi connectivity index (χ0n) is 12.1. The summed E-state index contributed by atoms with van der Waals surface area (Å²) in [5.41, 5.74) is 3.32. The zero-order chi connectivity index (χ0) is 15.5. The number of hydrogen-bond donors (Lipinski definition) is 0. The van der Waals surface area contributed by atoms with Gasteiger partial charge < -0.3 is 0 Å². The van der Waals surface area contributed by atoms with Gasteiger partial charge in [0.05, 0.1) is 10.3 Å². The van der Waals surface area contributed by atoms with Crippen molar-refractivity contribution in [2.45, 2.75) is 0 Å². The van der Waals surface area contributed by atoms with E-state index >= 15 is 0 Å². The lowest BCUT2D eigenvalue weighted by Crippen LogP contribution is -2.28. The van der Waals surface area contributed by atoms with E-state index in [2.05, 4.69) is 22.8 Å². The highest BCUT2D eigenvalue weighted by molar-refractivity contribution is 5.88. The Kier molecular flexibility index (Phi) is 3.66. The Morgan fingerprint density at radius 1 is 1.00 bits per heavy atom. The largest absolute Gasteiger partial charge is 0.269 e. The first-order valence-electron chi connectivity index (χ1n) is 6.95. The Morgan fingerprint density at radius 2 is 1.73 bits per heavy atom. The molecule has 1 aromatic heterocycles. The van der Waals surface area contributed by atoms with E-state index in [4.69, 9.17) is 0 Å². The van der Waals surface area contributed by atoms with Gasteiger partial charge in [-0.15, -0.1) is 0 Å². The Balaban J connectivity index is 1.96. The monoisotopic (exact) mass is 291 g/mol. The summed E-state index contributed by atoms with van der Waals surface area (Å²) >= 11 is 0. The van der Waals surface area contributed by atoms with Crippen LogP contribution in [0.4, 0.5) is 5.69 Å². The van der Waals surface area contributed by atoms with E-state index in [0.29, 0.717) is 0 Å². The average Bonchev–Trinajstić information content (AvgIpc) is 2.55. The number of hydrogen-bond acceptors (Lipinski definition) is 2. The number of benzene rings is 2. The first-order valence-corrected chi connectivity index (χ1v) is 6.95. The molecule has 0 spiro atoms. The van der Waals surface area contributed by atoms with Crippen LogP contribution in [0.25, 0.3) is 23.1 Å². The number of aromatic nitrogens is 1. The highest BCUT2D eigenvalue weighted by Gasteiger charge is 2.07. The van der Waals surface area contributed by atoms with Crippen molar-refractivity contribution in [3.63, 3.8) is 0 Å². The van der Waals surface area contributed by atoms with E-state index in [9.17, 15) is 10.1 Å². The number of para-hydroxylation sites is 1. The summed E-state index contributed by atoms with van der Waals surface area (Å²) < 4.78 is 2.08. The summed E-state index contributed by atoms with van der Waals surface area (Å²) in [7, 11) is 2.02. The van der Waals surface area contributed by atoms with E-state index in [1.165, 1.54) is 17.5 Å². The SMILES string of the molecule is C[n+]1ccc(C=Cc2ccc([N+](=O)[O-])cc2)c2ccccc21. The summed E-state index contributed by atoms with van der Waals surface area (Å²) in [6, 6.07) is 16.8. The Morgan fingerprint density at radius 3 is 2.45 bits per heavy atom. The summed E-state index contributed by atoms with van der Waals surface area (Å²) in [4.78, 5) is 10.3. The van der Waals surface area contributed by atoms with Gasteiger partial charge in [0.25, 0.3) is 5.69 Å². The van der Waals surface area contributed by atoms with Crippen LogP contribution in [0.1, 0.15) is 11.1 Å². The number of fused-ring (bicyclic) bond motifs is 1. The van der Waals surface area contributed by atoms with Crippen LogP contribution >= 0.6 is 0 Å². The molecule has 1 heterocycles. The van der Waals surface area contributed by atoms with Gasteiger partial charge >= 0.3 is 0 Å². The molecule has 4 heteroatoms. The zero-order valence-corrected chi connectivity index (χ0v) is 12.1. The average molecular weight is 291 g/mol. The lowest BCUT2D eigenvalue weighted by molar-refractivity contribution is -0.644. The third kappa shape index (κ3) is 2.72. The fraction of sp³-hybridized carbons (Fsp3) is 0.0556. The summed E-state index contributed by atoms with van der Waals surface area (Å²) in [5, 5.41) is 11.8. The highest BCUT2D eigenvalue weighted by Crippen LogP contribution is 2.19. The Bertz CT molecular complexity index is 868. The molecule has 0 aliphatic heterocycles. The van der Waals surface area contributed by atoms with Crippen LogP contribution in [0.2, 0.25) is 0 Å². The van der Waals surface area contributed by atoms with Gasteiger partial charge in [-0.05, 0) is 29.3 Å². The first kappa shape index (κ1) is 13.9. The highest BCUT2D eigenvalue weighted by atomic mass is 16.6. The maximum atomic E-state index is 10.7. The van der Waals surface area contributed by atoms with E-state index in [1.807, 2.05) is 37.5 Å². The number of nitrogens with zero attached hydrogens (tertiary/aromatic N) is 2. The van der Waals surface area contributed by atoms with Crippen molar-refractivity contribution in [3.05, 3.63) is 82.0 Å². The number of aryl methyl sites for hydroxylation is 1. The maximum Gasteiger partial charge on any atom is 0.269 e. The van der Waals surface area contributed by atoms with E-state index in [1.54, 1.807) is 12.1 Å². The molecule has 108 valence electrons. The summed E-state index contributed by atoms with van der Waals surface area (Å²) in [5.74, 6) is 0. The van der Waals surface area contributed by atoms with Crippen molar-refractivity contribution in [3.8, 4) is 0 Å². The second kappa shape index (κ2) is 5.77. The lowest BCUT2D eigenvalue weighted by Gasteiger charge is -2.00.